The monoisotopic (exact) mass is 411 g/mol. The van der Waals surface area contributed by atoms with Crippen molar-refractivity contribution >= 4 is 41.7 Å². The van der Waals surface area contributed by atoms with Crippen LogP contribution < -0.4 is 5.32 Å². The molecule has 1 rings (SSSR count). The standard InChI is InChI=1S/C14H22FN3S.HI/c1-11(19-4)9-17-14(16-2)18(3)10-12-6-5-7-13(15)8-12;/h5-8,11H,9-10H2,1-4H3,(H,16,17);1H. The van der Waals surface area contributed by atoms with Crippen LogP contribution in [0.2, 0.25) is 0 Å². The second-order valence-electron chi connectivity index (χ2n) is 4.46. The summed E-state index contributed by atoms with van der Waals surface area (Å²) in [4.78, 5) is 6.23. The summed E-state index contributed by atoms with van der Waals surface area (Å²) >= 11 is 1.81. The van der Waals surface area contributed by atoms with Gasteiger partial charge >= 0.3 is 0 Å². The predicted molar refractivity (Wildman–Crippen MR) is 97.6 cm³/mol. The maximum atomic E-state index is 13.1. The van der Waals surface area contributed by atoms with Crippen molar-refractivity contribution in [2.45, 2.75) is 18.7 Å². The van der Waals surface area contributed by atoms with E-state index in [0.29, 0.717) is 11.8 Å². The van der Waals surface area contributed by atoms with Gasteiger partial charge in [-0.05, 0) is 24.0 Å². The highest BCUT2D eigenvalue weighted by Crippen LogP contribution is 2.07. The first-order chi connectivity index (χ1) is 9.06. The number of benzene rings is 1. The van der Waals surface area contributed by atoms with Crippen LogP contribution in [0.4, 0.5) is 4.39 Å². The fourth-order valence-corrected chi connectivity index (χ4v) is 1.94. The first kappa shape index (κ1) is 19.5. The average Bonchev–Trinajstić information content (AvgIpc) is 2.39. The Labute approximate surface area is 142 Å². The van der Waals surface area contributed by atoms with E-state index in [1.54, 1.807) is 19.2 Å². The molecular weight excluding hydrogens is 388 g/mol. The third kappa shape index (κ3) is 6.78. The van der Waals surface area contributed by atoms with Crippen molar-refractivity contribution in [1.29, 1.82) is 0 Å². The molecule has 1 aromatic rings. The van der Waals surface area contributed by atoms with Crippen molar-refractivity contribution in [2.75, 3.05) is 26.9 Å². The molecule has 0 saturated carbocycles. The van der Waals surface area contributed by atoms with Crippen LogP contribution in [0.1, 0.15) is 12.5 Å². The third-order valence-electron chi connectivity index (χ3n) is 2.83. The van der Waals surface area contributed by atoms with E-state index in [0.717, 1.165) is 18.1 Å². The zero-order valence-electron chi connectivity index (χ0n) is 12.4. The molecule has 20 heavy (non-hydrogen) atoms. The summed E-state index contributed by atoms with van der Waals surface area (Å²) < 4.78 is 13.1. The molecule has 1 aromatic carbocycles. The van der Waals surface area contributed by atoms with Crippen LogP contribution in [0.3, 0.4) is 0 Å². The van der Waals surface area contributed by atoms with Crippen molar-refractivity contribution in [3.05, 3.63) is 35.6 Å². The van der Waals surface area contributed by atoms with Crippen molar-refractivity contribution in [2.24, 2.45) is 4.99 Å². The van der Waals surface area contributed by atoms with Gasteiger partial charge in [-0.25, -0.2) is 4.39 Å². The molecule has 0 aliphatic heterocycles. The number of nitrogens with one attached hydrogen (secondary N) is 1. The van der Waals surface area contributed by atoms with E-state index in [4.69, 9.17) is 0 Å². The summed E-state index contributed by atoms with van der Waals surface area (Å²) in [5, 5.41) is 3.84. The molecule has 114 valence electrons. The van der Waals surface area contributed by atoms with Crippen molar-refractivity contribution < 1.29 is 4.39 Å². The number of aliphatic imine (C=N–C) groups is 1. The summed E-state index contributed by atoms with van der Waals surface area (Å²) in [5.41, 5.74) is 0.934. The summed E-state index contributed by atoms with van der Waals surface area (Å²) in [6.07, 6.45) is 2.09. The van der Waals surface area contributed by atoms with Crippen LogP contribution in [0.25, 0.3) is 0 Å². The topological polar surface area (TPSA) is 27.6 Å². The number of hydrogen-bond donors (Lipinski definition) is 1. The number of hydrogen-bond acceptors (Lipinski definition) is 2. The van der Waals surface area contributed by atoms with Crippen LogP contribution in [-0.2, 0) is 6.54 Å². The molecule has 0 radical (unpaired) electrons. The molecule has 0 aromatic heterocycles. The van der Waals surface area contributed by atoms with Gasteiger partial charge in [-0.3, -0.25) is 4.99 Å². The van der Waals surface area contributed by atoms with Crippen molar-refractivity contribution in [3.8, 4) is 0 Å². The third-order valence-corrected chi connectivity index (χ3v) is 3.80. The Hall–Kier alpha value is -0.500. The Kier molecular flexibility index (Phi) is 10.0. The number of guanidine groups is 1. The molecule has 0 aliphatic rings. The van der Waals surface area contributed by atoms with Gasteiger partial charge in [0.25, 0.3) is 0 Å². The van der Waals surface area contributed by atoms with E-state index < -0.39 is 0 Å². The van der Waals surface area contributed by atoms with Crippen molar-refractivity contribution in [3.63, 3.8) is 0 Å². The Morgan fingerprint density at radius 1 is 1.50 bits per heavy atom. The second kappa shape index (κ2) is 10.3. The summed E-state index contributed by atoms with van der Waals surface area (Å²) in [7, 11) is 3.71. The molecule has 0 fully saturated rings. The van der Waals surface area contributed by atoms with E-state index in [2.05, 4.69) is 23.5 Å². The summed E-state index contributed by atoms with van der Waals surface area (Å²) in [5.74, 6) is 0.620. The van der Waals surface area contributed by atoms with Crippen LogP contribution in [0, 0.1) is 5.82 Å². The maximum Gasteiger partial charge on any atom is 0.193 e. The SMILES string of the molecule is CN=C(NCC(C)SC)N(C)Cc1cccc(F)c1.I. The zero-order valence-corrected chi connectivity index (χ0v) is 15.5. The molecule has 0 amide bonds. The molecular formula is C14H23FIN3S. The molecule has 0 bridgehead atoms. The van der Waals surface area contributed by atoms with E-state index in [1.165, 1.54) is 6.07 Å². The molecule has 0 spiro atoms. The van der Waals surface area contributed by atoms with Gasteiger partial charge in [0.15, 0.2) is 5.96 Å². The number of rotatable bonds is 5. The molecule has 0 saturated heterocycles. The minimum atomic E-state index is -0.204. The van der Waals surface area contributed by atoms with E-state index in [-0.39, 0.29) is 29.8 Å². The summed E-state index contributed by atoms with van der Waals surface area (Å²) in [6.45, 7) is 3.66. The lowest BCUT2D eigenvalue weighted by Crippen LogP contribution is -2.40. The fourth-order valence-electron chi connectivity index (χ4n) is 1.69. The molecule has 3 nitrogen and oxygen atoms in total. The maximum absolute atomic E-state index is 13.1. The highest BCUT2D eigenvalue weighted by molar-refractivity contribution is 14.0. The van der Waals surface area contributed by atoms with Gasteiger partial charge in [-0.1, -0.05) is 19.1 Å². The fraction of sp³-hybridized carbons (Fsp3) is 0.500. The minimum Gasteiger partial charge on any atom is -0.355 e. The largest absolute Gasteiger partial charge is 0.355 e. The molecule has 1 unspecified atom stereocenters. The number of thioether (sulfide) groups is 1. The van der Waals surface area contributed by atoms with E-state index >= 15 is 0 Å². The minimum absolute atomic E-state index is 0. The zero-order chi connectivity index (χ0) is 14.3. The quantitative estimate of drug-likeness (QED) is 0.458. The lowest BCUT2D eigenvalue weighted by atomic mass is 10.2. The molecule has 0 heterocycles. The van der Waals surface area contributed by atoms with Crippen LogP contribution >= 0.6 is 35.7 Å². The molecule has 0 aliphatic carbocycles. The second-order valence-corrected chi connectivity index (χ2v) is 5.74. The summed E-state index contributed by atoms with van der Waals surface area (Å²) in [6, 6.07) is 6.65. The smallest absolute Gasteiger partial charge is 0.193 e. The van der Waals surface area contributed by atoms with Crippen LogP contribution in [-0.4, -0.2) is 43.0 Å². The lowest BCUT2D eigenvalue weighted by molar-refractivity contribution is 0.475. The van der Waals surface area contributed by atoms with Gasteiger partial charge in [0, 0.05) is 32.4 Å². The predicted octanol–water partition coefficient (Wildman–Crippen LogP) is 3.20. The molecule has 6 heteroatoms. The average molecular weight is 411 g/mol. The normalized spacial score (nSPS) is 12.6. The molecule has 1 atom stereocenters. The highest BCUT2D eigenvalue weighted by Gasteiger charge is 2.08. The van der Waals surface area contributed by atoms with E-state index in [9.17, 15) is 4.39 Å². The number of nitrogens with zero attached hydrogens (tertiary/aromatic N) is 2. The van der Waals surface area contributed by atoms with Gasteiger partial charge in [0.2, 0.25) is 0 Å². The highest BCUT2D eigenvalue weighted by atomic mass is 127. The van der Waals surface area contributed by atoms with Crippen LogP contribution in [0.15, 0.2) is 29.3 Å². The number of halogens is 2. The van der Waals surface area contributed by atoms with E-state index in [1.807, 2.05) is 29.8 Å². The van der Waals surface area contributed by atoms with Gasteiger partial charge in [-0.15, -0.1) is 24.0 Å². The Bertz CT molecular complexity index is 429. The van der Waals surface area contributed by atoms with Gasteiger partial charge in [0.1, 0.15) is 5.82 Å². The molecule has 1 N–H and O–H groups in total. The first-order valence-electron chi connectivity index (χ1n) is 6.25. The van der Waals surface area contributed by atoms with Crippen LogP contribution in [0.5, 0.6) is 0 Å². The van der Waals surface area contributed by atoms with Gasteiger partial charge in [0.05, 0.1) is 0 Å². The Balaban J connectivity index is 0.00000361. The van der Waals surface area contributed by atoms with Crippen molar-refractivity contribution in [1.82, 2.24) is 10.2 Å². The lowest BCUT2D eigenvalue weighted by Gasteiger charge is -2.23. The van der Waals surface area contributed by atoms with Gasteiger partial charge < -0.3 is 10.2 Å². The first-order valence-corrected chi connectivity index (χ1v) is 7.54. The Morgan fingerprint density at radius 2 is 2.20 bits per heavy atom. The Morgan fingerprint density at radius 3 is 2.75 bits per heavy atom. The van der Waals surface area contributed by atoms with Gasteiger partial charge in [-0.2, -0.15) is 11.8 Å².